The lowest BCUT2D eigenvalue weighted by atomic mass is 10.1. The zero-order valence-electron chi connectivity index (χ0n) is 22.3. The number of hydrogen-bond donors (Lipinski definition) is 1. The Morgan fingerprint density at radius 3 is 2.33 bits per heavy atom. The van der Waals surface area contributed by atoms with Gasteiger partial charge in [0.1, 0.15) is 6.04 Å². The Morgan fingerprint density at radius 2 is 1.72 bits per heavy atom. The van der Waals surface area contributed by atoms with Crippen LogP contribution in [0.1, 0.15) is 62.6 Å². The van der Waals surface area contributed by atoms with Crippen LogP contribution in [0.15, 0.2) is 48.5 Å². The van der Waals surface area contributed by atoms with Crippen LogP contribution in [0.5, 0.6) is 0 Å². The number of sulfonamides is 1. The number of anilines is 1. The average Bonchev–Trinajstić information content (AvgIpc) is 2.81. The molecule has 1 N–H and O–H groups in total. The number of hydrogen-bond acceptors (Lipinski definition) is 4. The first-order valence-corrected chi connectivity index (χ1v) is 14.6. The summed E-state index contributed by atoms with van der Waals surface area (Å²) < 4.78 is 26.4. The van der Waals surface area contributed by atoms with E-state index in [0.29, 0.717) is 31.6 Å². The molecule has 36 heavy (non-hydrogen) atoms. The number of unbranched alkanes of at least 4 members (excludes halogenated alkanes) is 1. The Bertz CT molecular complexity index is 1120. The summed E-state index contributed by atoms with van der Waals surface area (Å²) in [5, 5.41) is 2.97. The third-order valence-electron chi connectivity index (χ3n) is 6.19. The van der Waals surface area contributed by atoms with E-state index in [1.807, 2.05) is 57.2 Å². The number of carbonyl (C=O) groups excluding carboxylic acids is 2. The second-order valence-corrected chi connectivity index (χ2v) is 11.2. The lowest BCUT2D eigenvalue weighted by Gasteiger charge is -2.31. The van der Waals surface area contributed by atoms with Gasteiger partial charge in [-0.3, -0.25) is 13.9 Å². The van der Waals surface area contributed by atoms with E-state index in [4.69, 9.17) is 0 Å². The molecular formula is C28H41N3O4S. The highest BCUT2D eigenvalue weighted by atomic mass is 32.2. The van der Waals surface area contributed by atoms with E-state index in [0.717, 1.165) is 29.5 Å². The highest BCUT2D eigenvalue weighted by Gasteiger charge is 2.28. The molecule has 0 aliphatic heterocycles. The summed E-state index contributed by atoms with van der Waals surface area (Å²) in [6.45, 7) is 8.93. The topological polar surface area (TPSA) is 86.8 Å². The molecule has 8 heteroatoms. The summed E-state index contributed by atoms with van der Waals surface area (Å²) in [6, 6.07) is 14.6. The first kappa shape index (κ1) is 29.4. The number of amides is 2. The van der Waals surface area contributed by atoms with E-state index >= 15 is 0 Å². The predicted octanol–water partition coefficient (Wildman–Crippen LogP) is 4.57. The van der Waals surface area contributed by atoms with Crippen LogP contribution in [0.4, 0.5) is 5.69 Å². The molecule has 0 heterocycles. The van der Waals surface area contributed by atoms with Crippen LogP contribution in [-0.4, -0.2) is 50.5 Å². The molecule has 1 atom stereocenters. The highest BCUT2D eigenvalue weighted by molar-refractivity contribution is 7.92. The Kier molecular flexibility index (Phi) is 11.4. The quantitative estimate of drug-likeness (QED) is 0.373. The molecule has 0 aliphatic rings. The van der Waals surface area contributed by atoms with Crippen molar-refractivity contribution in [2.45, 2.75) is 72.4 Å². The van der Waals surface area contributed by atoms with Gasteiger partial charge in [-0.1, -0.05) is 68.3 Å². The molecule has 0 bridgehead atoms. The van der Waals surface area contributed by atoms with Gasteiger partial charge in [-0.05, 0) is 50.3 Å². The van der Waals surface area contributed by atoms with Crippen LogP contribution in [-0.2, 0) is 26.2 Å². The van der Waals surface area contributed by atoms with Crippen molar-refractivity contribution < 1.29 is 18.0 Å². The monoisotopic (exact) mass is 515 g/mol. The molecule has 1 unspecified atom stereocenters. The molecule has 2 amide bonds. The molecule has 0 saturated heterocycles. The third-order valence-corrected chi connectivity index (χ3v) is 7.37. The lowest BCUT2D eigenvalue weighted by molar-refractivity contribution is -0.141. The maximum absolute atomic E-state index is 13.5. The van der Waals surface area contributed by atoms with Crippen LogP contribution >= 0.6 is 0 Å². The van der Waals surface area contributed by atoms with Crippen LogP contribution < -0.4 is 9.62 Å². The Hall–Kier alpha value is -2.87. The van der Waals surface area contributed by atoms with Gasteiger partial charge >= 0.3 is 0 Å². The fourth-order valence-corrected chi connectivity index (χ4v) is 5.28. The second kappa shape index (κ2) is 14.0. The average molecular weight is 516 g/mol. The Balaban J connectivity index is 2.21. The van der Waals surface area contributed by atoms with Crippen LogP contribution in [0, 0.1) is 13.8 Å². The van der Waals surface area contributed by atoms with Crippen molar-refractivity contribution in [3.05, 3.63) is 65.2 Å². The summed E-state index contributed by atoms with van der Waals surface area (Å²) in [7, 11) is -3.51. The lowest BCUT2D eigenvalue weighted by Crippen LogP contribution is -2.49. The number of nitrogens with zero attached hydrogens (tertiary/aromatic N) is 2. The van der Waals surface area contributed by atoms with Gasteiger partial charge in [-0.15, -0.1) is 0 Å². The SMILES string of the molecule is CCCCNC(=O)C(CC)N(Cc1cccc(C)c1)C(=O)CCCN(c1ccccc1C)S(C)(=O)=O. The molecule has 7 nitrogen and oxygen atoms in total. The number of para-hydroxylation sites is 1. The zero-order chi connectivity index (χ0) is 26.7. The Labute approximate surface area is 216 Å². The molecule has 2 aromatic carbocycles. The van der Waals surface area contributed by atoms with Crippen molar-refractivity contribution in [1.82, 2.24) is 10.2 Å². The van der Waals surface area contributed by atoms with Crippen molar-refractivity contribution in [3.8, 4) is 0 Å². The minimum atomic E-state index is -3.51. The van der Waals surface area contributed by atoms with E-state index in [-0.39, 0.29) is 24.8 Å². The Morgan fingerprint density at radius 1 is 1.00 bits per heavy atom. The van der Waals surface area contributed by atoms with Gasteiger partial charge in [0.25, 0.3) is 0 Å². The number of benzene rings is 2. The zero-order valence-corrected chi connectivity index (χ0v) is 23.1. The first-order valence-electron chi connectivity index (χ1n) is 12.7. The highest BCUT2D eigenvalue weighted by Crippen LogP contribution is 2.23. The smallest absolute Gasteiger partial charge is 0.242 e. The number of nitrogens with one attached hydrogen (secondary N) is 1. The number of carbonyl (C=O) groups is 2. The van der Waals surface area contributed by atoms with Gasteiger partial charge < -0.3 is 10.2 Å². The summed E-state index contributed by atoms with van der Waals surface area (Å²) in [5.74, 6) is -0.308. The number of rotatable bonds is 14. The molecule has 0 fully saturated rings. The largest absolute Gasteiger partial charge is 0.354 e. The third kappa shape index (κ3) is 8.66. The summed E-state index contributed by atoms with van der Waals surface area (Å²) >= 11 is 0. The second-order valence-electron chi connectivity index (χ2n) is 9.30. The summed E-state index contributed by atoms with van der Waals surface area (Å²) in [4.78, 5) is 28.1. The van der Waals surface area contributed by atoms with E-state index in [1.165, 1.54) is 10.6 Å². The van der Waals surface area contributed by atoms with Gasteiger partial charge in [0.15, 0.2) is 0 Å². The van der Waals surface area contributed by atoms with Gasteiger partial charge in [-0.25, -0.2) is 8.42 Å². The fraction of sp³-hybridized carbons (Fsp3) is 0.500. The van der Waals surface area contributed by atoms with Crippen molar-refractivity contribution >= 4 is 27.5 Å². The minimum Gasteiger partial charge on any atom is -0.354 e. The molecule has 0 saturated carbocycles. The standard InChI is InChI=1S/C28H41N3O4S/c1-6-8-18-29-28(33)25(7-2)30(21-24-15-11-13-22(3)20-24)27(32)17-12-19-31(36(5,34)35)26-16-10-9-14-23(26)4/h9-11,13-16,20,25H,6-8,12,17-19,21H2,1-5H3,(H,29,33). The molecule has 2 aromatic rings. The van der Waals surface area contributed by atoms with Crippen molar-refractivity contribution in [1.29, 1.82) is 0 Å². The van der Waals surface area contributed by atoms with E-state index < -0.39 is 16.1 Å². The van der Waals surface area contributed by atoms with Gasteiger partial charge in [0.2, 0.25) is 21.8 Å². The van der Waals surface area contributed by atoms with Gasteiger partial charge in [0.05, 0.1) is 11.9 Å². The molecule has 0 aliphatic carbocycles. The summed E-state index contributed by atoms with van der Waals surface area (Å²) in [5.41, 5.74) is 3.51. The van der Waals surface area contributed by atoms with E-state index in [2.05, 4.69) is 12.2 Å². The molecule has 0 spiro atoms. The fourth-order valence-electron chi connectivity index (χ4n) is 4.26. The molecular weight excluding hydrogens is 474 g/mol. The first-order chi connectivity index (χ1) is 17.1. The van der Waals surface area contributed by atoms with Crippen LogP contribution in [0.3, 0.4) is 0 Å². The minimum absolute atomic E-state index is 0.141. The van der Waals surface area contributed by atoms with Crippen molar-refractivity contribution in [3.63, 3.8) is 0 Å². The van der Waals surface area contributed by atoms with E-state index in [9.17, 15) is 18.0 Å². The normalized spacial score (nSPS) is 12.1. The van der Waals surface area contributed by atoms with Gasteiger partial charge in [0, 0.05) is 26.1 Å². The maximum Gasteiger partial charge on any atom is 0.242 e. The van der Waals surface area contributed by atoms with Crippen LogP contribution in [0.25, 0.3) is 0 Å². The van der Waals surface area contributed by atoms with E-state index in [1.54, 1.807) is 17.0 Å². The van der Waals surface area contributed by atoms with Crippen LogP contribution in [0.2, 0.25) is 0 Å². The molecule has 0 aromatic heterocycles. The predicted molar refractivity (Wildman–Crippen MR) is 146 cm³/mol. The van der Waals surface area contributed by atoms with Crippen molar-refractivity contribution in [2.24, 2.45) is 0 Å². The summed E-state index contributed by atoms with van der Waals surface area (Å²) in [6.07, 6.45) is 4.02. The van der Waals surface area contributed by atoms with Gasteiger partial charge in [-0.2, -0.15) is 0 Å². The maximum atomic E-state index is 13.5. The molecule has 2 rings (SSSR count). The number of aryl methyl sites for hydroxylation is 2. The molecule has 0 radical (unpaired) electrons. The van der Waals surface area contributed by atoms with Crippen molar-refractivity contribution in [2.75, 3.05) is 23.7 Å². The molecule has 198 valence electrons.